The fourth-order valence-electron chi connectivity index (χ4n) is 2.26. The van der Waals surface area contributed by atoms with Crippen molar-refractivity contribution in [3.8, 4) is 0 Å². The van der Waals surface area contributed by atoms with E-state index in [4.69, 9.17) is 13.8 Å². The molecule has 7 nitrogen and oxygen atoms in total. The topological polar surface area (TPSA) is 82.1 Å². The molecule has 0 heterocycles. The van der Waals surface area contributed by atoms with Crippen molar-refractivity contribution in [1.29, 1.82) is 0 Å². The number of nitrogens with zero attached hydrogens (tertiary/aromatic N) is 1. The lowest BCUT2D eigenvalue weighted by molar-refractivity contribution is -0.0739. The lowest BCUT2D eigenvalue weighted by Gasteiger charge is -2.26. The summed E-state index contributed by atoms with van der Waals surface area (Å²) in [7, 11) is -2.59. The molecule has 0 spiro atoms. The highest BCUT2D eigenvalue weighted by molar-refractivity contribution is 7.86. The third-order valence-corrected chi connectivity index (χ3v) is 4.70. The molecule has 0 bridgehead atoms. The van der Waals surface area contributed by atoms with Gasteiger partial charge in [0.05, 0.1) is 18.0 Å². The Balaban J connectivity index is 2.25. The zero-order valence-corrected chi connectivity index (χ0v) is 17.2. The molecule has 0 fully saturated rings. The standard InChI is InChI=1S/C20H25NO6S/c1-20(2,3)26-19(22)21(14-16-10-12-17(13-11-16)15-25-4)27-28(23,24)18-8-6-5-7-9-18/h5-13H,14-15H2,1-4H3. The van der Waals surface area contributed by atoms with Crippen LogP contribution >= 0.6 is 0 Å². The van der Waals surface area contributed by atoms with Crippen molar-refractivity contribution in [1.82, 2.24) is 5.06 Å². The van der Waals surface area contributed by atoms with Gasteiger partial charge in [-0.2, -0.15) is 13.5 Å². The molecule has 8 heteroatoms. The second-order valence-corrected chi connectivity index (χ2v) is 8.64. The van der Waals surface area contributed by atoms with Crippen molar-refractivity contribution in [2.24, 2.45) is 0 Å². The maximum absolute atomic E-state index is 12.6. The molecule has 2 aromatic carbocycles. The van der Waals surface area contributed by atoms with E-state index in [2.05, 4.69) is 0 Å². The number of hydrogen-bond acceptors (Lipinski definition) is 6. The average Bonchev–Trinajstić information content (AvgIpc) is 2.62. The summed E-state index contributed by atoms with van der Waals surface area (Å²) in [5.74, 6) is 0. The van der Waals surface area contributed by atoms with Crippen LogP contribution < -0.4 is 0 Å². The molecule has 2 aromatic rings. The van der Waals surface area contributed by atoms with E-state index < -0.39 is 21.8 Å². The molecule has 0 aliphatic carbocycles. The first kappa shape index (κ1) is 21.9. The van der Waals surface area contributed by atoms with E-state index in [9.17, 15) is 13.2 Å². The summed E-state index contributed by atoms with van der Waals surface area (Å²) in [5, 5.41) is 0.707. The molecule has 0 saturated carbocycles. The van der Waals surface area contributed by atoms with Gasteiger partial charge < -0.3 is 9.47 Å². The molecule has 1 amide bonds. The molecular weight excluding hydrogens is 382 g/mol. The van der Waals surface area contributed by atoms with Crippen LogP contribution in [0.2, 0.25) is 0 Å². The highest BCUT2D eigenvalue weighted by Gasteiger charge is 2.29. The van der Waals surface area contributed by atoms with E-state index >= 15 is 0 Å². The van der Waals surface area contributed by atoms with Gasteiger partial charge in [0.15, 0.2) is 0 Å². The molecule has 0 aromatic heterocycles. The van der Waals surface area contributed by atoms with Gasteiger partial charge in [-0.1, -0.05) is 42.5 Å². The normalized spacial score (nSPS) is 11.9. The van der Waals surface area contributed by atoms with Gasteiger partial charge in [-0.3, -0.25) is 0 Å². The summed E-state index contributed by atoms with van der Waals surface area (Å²) in [5.41, 5.74) is 0.819. The zero-order valence-electron chi connectivity index (χ0n) is 16.4. The fraction of sp³-hybridized carbons (Fsp3) is 0.350. The predicted molar refractivity (Wildman–Crippen MR) is 104 cm³/mol. The minimum Gasteiger partial charge on any atom is -0.442 e. The molecule has 152 valence electrons. The molecule has 0 aliphatic rings. The highest BCUT2D eigenvalue weighted by atomic mass is 32.2. The van der Waals surface area contributed by atoms with Crippen LogP contribution in [0.15, 0.2) is 59.5 Å². The Bertz CT molecular complexity index is 873. The van der Waals surface area contributed by atoms with Crippen molar-refractivity contribution in [2.45, 2.75) is 44.4 Å². The van der Waals surface area contributed by atoms with E-state index in [1.807, 2.05) is 12.1 Å². The number of hydroxylamine groups is 2. The van der Waals surface area contributed by atoms with Gasteiger partial charge >= 0.3 is 16.2 Å². The lowest BCUT2D eigenvalue weighted by Crippen LogP contribution is -2.38. The molecule has 28 heavy (non-hydrogen) atoms. The number of benzene rings is 2. The second kappa shape index (κ2) is 9.18. The van der Waals surface area contributed by atoms with Crippen molar-refractivity contribution >= 4 is 16.2 Å². The second-order valence-electron chi connectivity index (χ2n) is 7.11. The van der Waals surface area contributed by atoms with Crippen LogP contribution in [-0.4, -0.2) is 32.3 Å². The molecule has 2 rings (SSSR count). The maximum atomic E-state index is 12.6. The summed E-state index contributed by atoms with van der Waals surface area (Å²) in [4.78, 5) is 12.5. The average molecular weight is 407 g/mol. The van der Waals surface area contributed by atoms with Crippen molar-refractivity contribution < 1.29 is 27.0 Å². The molecule has 0 unspecified atom stereocenters. The van der Waals surface area contributed by atoms with Gasteiger partial charge in [0.2, 0.25) is 0 Å². The maximum Gasteiger partial charge on any atom is 0.435 e. The van der Waals surface area contributed by atoms with Gasteiger partial charge in [0.1, 0.15) is 5.60 Å². The summed E-state index contributed by atoms with van der Waals surface area (Å²) >= 11 is 0. The van der Waals surface area contributed by atoms with Crippen LogP contribution in [0.5, 0.6) is 0 Å². The van der Waals surface area contributed by atoms with E-state index in [-0.39, 0.29) is 11.4 Å². The Morgan fingerprint density at radius 2 is 1.54 bits per heavy atom. The van der Waals surface area contributed by atoms with Crippen LogP contribution in [0.4, 0.5) is 4.79 Å². The Morgan fingerprint density at radius 1 is 0.964 bits per heavy atom. The van der Waals surface area contributed by atoms with Gasteiger partial charge in [-0.05, 0) is 44.0 Å². The fourth-order valence-corrected chi connectivity index (χ4v) is 3.18. The smallest absolute Gasteiger partial charge is 0.435 e. The van der Waals surface area contributed by atoms with Crippen LogP contribution in [0.1, 0.15) is 31.9 Å². The minimum absolute atomic E-state index is 0.0565. The summed E-state index contributed by atoms with van der Waals surface area (Å²) in [6.45, 7) is 5.42. The Hall–Kier alpha value is -2.42. The van der Waals surface area contributed by atoms with E-state index in [1.165, 1.54) is 12.1 Å². The van der Waals surface area contributed by atoms with Crippen molar-refractivity contribution in [3.63, 3.8) is 0 Å². The van der Waals surface area contributed by atoms with E-state index in [1.54, 1.807) is 58.2 Å². The van der Waals surface area contributed by atoms with Crippen molar-refractivity contribution in [2.75, 3.05) is 7.11 Å². The third kappa shape index (κ3) is 6.63. The van der Waals surface area contributed by atoms with Gasteiger partial charge in [-0.15, -0.1) is 4.28 Å². The van der Waals surface area contributed by atoms with Gasteiger partial charge in [0.25, 0.3) is 0 Å². The molecule has 0 saturated heterocycles. The lowest BCUT2D eigenvalue weighted by atomic mass is 10.1. The SMILES string of the molecule is COCc1ccc(CN(OS(=O)(=O)c2ccccc2)C(=O)OC(C)(C)C)cc1. The molecule has 0 atom stereocenters. The number of ether oxygens (including phenoxy) is 2. The Morgan fingerprint density at radius 3 is 2.07 bits per heavy atom. The molecule has 0 N–H and O–H groups in total. The Kier molecular flexibility index (Phi) is 7.17. The molecule has 0 radical (unpaired) electrons. The van der Waals surface area contributed by atoms with Crippen LogP contribution in [0.3, 0.4) is 0 Å². The quantitative estimate of drug-likeness (QED) is 0.648. The minimum atomic E-state index is -4.19. The monoisotopic (exact) mass is 407 g/mol. The third-order valence-electron chi connectivity index (χ3n) is 3.48. The van der Waals surface area contributed by atoms with Crippen molar-refractivity contribution in [3.05, 3.63) is 65.7 Å². The van der Waals surface area contributed by atoms with Crippen LogP contribution in [0.25, 0.3) is 0 Å². The van der Waals surface area contributed by atoms with Gasteiger partial charge in [0, 0.05) is 7.11 Å². The number of methoxy groups -OCH3 is 1. The van der Waals surface area contributed by atoms with Gasteiger partial charge in [-0.25, -0.2) is 4.79 Å². The van der Waals surface area contributed by atoms with E-state index in [0.717, 1.165) is 5.56 Å². The zero-order chi connectivity index (χ0) is 20.8. The first-order valence-electron chi connectivity index (χ1n) is 8.67. The van der Waals surface area contributed by atoms with Crippen LogP contribution in [-0.2, 0) is 37.0 Å². The summed E-state index contributed by atoms with van der Waals surface area (Å²) < 4.78 is 40.6. The van der Waals surface area contributed by atoms with E-state index in [0.29, 0.717) is 17.2 Å². The number of amides is 1. The molecule has 0 aliphatic heterocycles. The number of carbonyl (C=O) groups is 1. The first-order valence-corrected chi connectivity index (χ1v) is 10.1. The number of carbonyl (C=O) groups excluding carboxylic acids is 1. The van der Waals surface area contributed by atoms with Crippen LogP contribution in [0, 0.1) is 0 Å². The summed E-state index contributed by atoms with van der Waals surface area (Å²) in [6, 6.07) is 14.8. The molecular formula is C20H25NO6S. The Labute approximate surface area is 165 Å². The number of hydrogen-bond donors (Lipinski definition) is 0. The number of rotatable bonds is 7. The first-order chi connectivity index (χ1) is 13.1. The predicted octanol–water partition coefficient (Wildman–Crippen LogP) is 3.89. The largest absolute Gasteiger partial charge is 0.442 e. The summed E-state index contributed by atoms with van der Waals surface area (Å²) in [6.07, 6.45) is -0.895. The highest BCUT2D eigenvalue weighted by Crippen LogP contribution is 2.19.